The van der Waals surface area contributed by atoms with Crippen LogP contribution in [0.5, 0.6) is 0 Å². The van der Waals surface area contributed by atoms with Gasteiger partial charge in [-0.05, 0) is 38.5 Å². The molecule has 5 nitrogen and oxygen atoms in total. The normalized spacial score (nSPS) is 23.5. The summed E-state index contributed by atoms with van der Waals surface area (Å²) in [5.74, 6) is -1.27. The fourth-order valence-corrected chi connectivity index (χ4v) is 3.48. The highest BCUT2D eigenvalue weighted by Gasteiger charge is 2.33. The van der Waals surface area contributed by atoms with E-state index in [0.29, 0.717) is 6.42 Å². The number of nitrogens with one attached hydrogen (secondary N) is 2. The Kier molecular flexibility index (Phi) is 5.65. The van der Waals surface area contributed by atoms with Gasteiger partial charge in [0.25, 0.3) is 0 Å². The highest BCUT2D eigenvalue weighted by molar-refractivity contribution is 5.77. The molecule has 2 atom stereocenters. The molecule has 1 rings (SSSR count). The number of aliphatic carboxylic acids is 1. The van der Waals surface area contributed by atoms with Gasteiger partial charge in [0, 0.05) is 11.6 Å². The quantitative estimate of drug-likeness (QED) is 0.746. The molecule has 0 saturated heterocycles. The summed E-state index contributed by atoms with van der Waals surface area (Å²) in [6.07, 6.45) is 4.13. The predicted molar refractivity (Wildman–Crippen MR) is 83.2 cm³/mol. The lowest BCUT2D eigenvalue weighted by atomic mass is 9.82. The smallest absolute Gasteiger partial charge is 0.315 e. The third-order valence-corrected chi connectivity index (χ3v) is 3.82. The van der Waals surface area contributed by atoms with Gasteiger partial charge in [-0.25, -0.2) is 4.79 Å². The lowest BCUT2D eigenvalue weighted by Gasteiger charge is -2.35. The summed E-state index contributed by atoms with van der Waals surface area (Å²) in [6, 6.07) is -0.524. The maximum absolute atomic E-state index is 12.2. The van der Waals surface area contributed by atoms with Crippen molar-refractivity contribution in [1.82, 2.24) is 10.6 Å². The van der Waals surface area contributed by atoms with E-state index in [0.717, 1.165) is 25.7 Å². The Labute approximate surface area is 127 Å². The first-order chi connectivity index (χ1) is 9.50. The zero-order valence-corrected chi connectivity index (χ0v) is 14.0. The van der Waals surface area contributed by atoms with Crippen LogP contribution < -0.4 is 10.6 Å². The number of amides is 2. The SMILES string of the molecule is CC(C)(C)CC(C)(C)NC(=O)NC1CCCCC1C(=O)O. The Morgan fingerprint density at radius 3 is 2.19 bits per heavy atom. The van der Waals surface area contributed by atoms with Crippen molar-refractivity contribution in [2.45, 2.75) is 78.3 Å². The summed E-state index contributed by atoms with van der Waals surface area (Å²) >= 11 is 0. The largest absolute Gasteiger partial charge is 0.481 e. The number of carbonyl (C=O) groups excluding carboxylic acids is 1. The Bertz CT molecular complexity index is 385. The average molecular weight is 298 g/mol. The Balaban J connectivity index is 2.57. The van der Waals surface area contributed by atoms with E-state index in [2.05, 4.69) is 31.4 Å². The fourth-order valence-electron chi connectivity index (χ4n) is 3.48. The van der Waals surface area contributed by atoms with Crippen molar-refractivity contribution in [3.63, 3.8) is 0 Å². The minimum Gasteiger partial charge on any atom is -0.481 e. The second-order valence-electron chi connectivity index (χ2n) is 8.06. The van der Waals surface area contributed by atoms with Crippen LogP contribution in [0.3, 0.4) is 0 Å². The number of carbonyl (C=O) groups is 2. The minimum absolute atomic E-state index is 0.116. The maximum atomic E-state index is 12.2. The van der Waals surface area contributed by atoms with Gasteiger partial charge in [0.15, 0.2) is 0 Å². The number of urea groups is 1. The van der Waals surface area contributed by atoms with Crippen LogP contribution in [-0.4, -0.2) is 28.7 Å². The molecule has 122 valence electrons. The lowest BCUT2D eigenvalue weighted by molar-refractivity contribution is -0.143. The van der Waals surface area contributed by atoms with Gasteiger partial charge in [0.05, 0.1) is 5.92 Å². The van der Waals surface area contributed by atoms with E-state index in [1.54, 1.807) is 0 Å². The summed E-state index contributed by atoms with van der Waals surface area (Å²) in [5, 5.41) is 15.1. The molecule has 0 aromatic rings. The molecule has 0 aromatic carbocycles. The van der Waals surface area contributed by atoms with E-state index in [1.807, 2.05) is 13.8 Å². The number of hydrogen-bond donors (Lipinski definition) is 3. The predicted octanol–water partition coefficient (Wildman–Crippen LogP) is 3.14. The summed E-state index contributed by atoms with van der Waals surface area (Å²) in [6.45, 7) is 10.4. The summed E-state index contributed by atoms with van der Waals surface area (Å²) in [4.78, 5) is 23.4. The highest BCUT2D eigenvalue weighted by atomic mass is 16.4. The molecule has 3 N–H and O–H groups in total. The van der Waals surface area contributed by atoms with Crippen LogP contribution in [-0.2, 0) is 4.79 Å². The molecule has 2 amide bonds. The van der Waals surface area contributed by atoms with E-state index in [9.17, 15) is 14.7 Å². The third-order valence-electron chi connectivity index (χ3n) is 3.82. The standard InChI is InChI=1S/C16H30N2O3/c1-15(2,3)10-16(4,5)18-14(21)17-12-9-7-6-8-11(12)13(19)20/h11-12H,6-10H2,1-5H3,(H,19,20)(H2,17,18,21). The molecule has 2 unspecified atom stereocenters. The van der Waals surface area contributed by atoms with Crippen molar-refractivity contribution in [2.75, 3.05) is 0 Å². The maximum Gasteiger partial charge on any atom is 0.315 e. The van der Waals surface area contributed by atoms with E-state index in [-0.39, 0.29) is 23.0 Å². The molecular weight excluding hydrogens is 268 g/mol. The molecule has 21 heavy (non-hydrogen) atoms. The van der Waals surface area contributed by atoms with Crippen LogP contribution in [0.15, 0.2) is 0 Å². The molecule has 0 heterocycles. The average Bonchev–Trinajstić information content (AvgIpc) is 2.24. The second-order valence-corrected chi connectivity index (χ2v) is 8.06. The fraction of sp³-hybridized carbons (Fsp3) is 0.875. The number of hydrogen-bond acceptors (Lipinski definition) is 2. The van der Waals surface area contributed by atoms with Gasteiger partial charge in [-0.1, -0.05) is 33.6 Å². The Morgan fingerprint density at radius 1 is 1.10 bits per heavy atom. The van der Waals surface area contributed by atoms with Crippen molar-refractivity contribution in [2.24, 2.45) is 11.3 Å². The molecule has 1 fully saturated rings. The van der Waals surface area contributed by atoms with Gasteiger partial charge < -0.3 is 15.7 Å². The molecule has 5 heteroatoms. The van der Waals surface area contributed by atoms with E-state index in [4.69, 9.17) is 0 Å². The first-order valence-corrected chi connectivity index (χ1v) is 7.82. The first kappa shape index (κ1) is 17.8. The molecule has 1 aliphatic rings. The van der Waals surface area contributed by atoms with Crippen molar-refractivity contribution in [3.05, 3.63) is 0 Å². The monoisotopic (exact) mass is 298 g/mol. The van der Waals surface area contributed by atoms with E-state index < -0.39 is 11.9 Å². The summed E-state index contributed by atoms with van der Waals surface area (Å²) < 4.78 is 0. The summed E-state index contributed by atoms with van der Waals surface area (Å²) in [5.41, 5.74) is -0.207. The molecule has 0 radical (unpaired) electrons. The van der Waals surface area contributed by atoms with Crippen molar-refractivity contribution < 1.29 is 14.7 Å². The Hall–Kier alpha value is -1.26. The molecule has 1 aliphatic carbocycles. The van der Waals surface area contributed by atoms with Crippen molar-refractivity contribution in [3.8, 4) is 0 Å². The van der Waals surface area contributed by atoms with Gasteiger partial charge in [-0.2, -0.15) is 0 Å². The molecule has 0 spiro atoms. The van der Waals surface area contributed by atoms with E-state index >= 15 is 0 Å². The zero-order valence-electron chi connectivity index (χ0n) is 14.0. The molecule has 1 saturated carbocycles. The highest BCUT2D eigenvalue weighted by Crippen LogP contribution is 2.27. The number of carboxylic acids is 1. The van der Waals surface area contributed by atoms with Crippen LogP contribution in [0.2, 0.25) is 0 Å². The third kappa shape index (κ3) is 6.36. The van der Waals surface area contributed by atoms with Crippen LogP contribution in [0.25, 0.3) is 0 Å². The van der Waals surface area contributed by atoms with Gasteiger partial charge in [0.1, 0.15) is 0 Å². The minimum atomic E-state index is -0.811. The molecular formula is C16H30N2O3. The van der Waals surface area contributed by atoms with Crippen LogP contribution in [0.1, 0.15) is 66.7 Å². The van der Waals surface area contributed by atoms with Gasteiger partial charge in [-0.3, -0.25) is 4.79 Å². The molecule has 0 bridgehead atoms. The van der Waals surface area contributed by atoms with Crippen molar-refractivity contribution >= 4 is 12.0 Å². The second kappa shape index (κ2) is 6.67. The van der Waals surface area contributed by atoms with Crippen LogP contribution >= 0.6 is 0 Å². The number of carboxylic acid groups (broad SMARTS) is 1. The van der Waals surface area contributed by atoms with Gasteiger partial charge >= 0.3 is 12.0 Å². The number of rotatable bonds is 4. The van der Waals surface area contributed by atoms with Gasteiger partial charge in [-0.15, -0.1) is 0 Å². The van der Waals surface area contributed by atoms with E-state index in [1.165, 1.54) is 0 Å². The van der Waals surface area contributed by atoms with Crippen LogP contribution in [0, 0.1) is 11.3 Å². The summed E-state index contributed by atoms with van der Waals surface area (Å²) in [7, 11) is 0. The zero-order chi connectivity index (χ0) is 16.3. The van der Waals surface area contributed by atoms with Gasteiger partial charge in [0.2, 0.25) is 0 Å². The van der Waals surface area contributed by atoms with Crippen molar-refractivity contribution in [1.29, 1.82) is 0 Å². The lowest BCUT2D eigenvalue weighted by Crippen LogP contribution is -2.54. The molecule has 0 aliphatic heterocycles. The molecule has 0 aromatic heterocycles. The van der Waals surface area contributed by atoms with Crippen LogP contribution in [0.4, 0.5) is 4.79 Å². The first-order valence-electron chi connectivity index (χ1n) is 7.82. The topological polar surface area (TPSA) is 78.4 Å². The Morgan fingerprint density at radius 2 is 1.67 bits per heavy atom.